The first-order chi connectivity index (χ1) is 7.15. The van der Waals surface area contributed by atoms with Crippen LogP contribution in [0.5, 0.6) is 0 Å². The molecule has 0 aliphatic carbocycles. The molecule has 0 saturated carbocycles. The van der Waals surface area contributed by atoms with Crippen molar-refractivity contribution in [2.24, 2.45) is 0 Å². The van der Waals surface area contributed by atoms with Gasteiger partial charge in [0, 0.05) is 25.0 Å². The Morgan fingerprint density at radius 1 is 1.41 bits per heavy atom. The van der Waals surface area contributed by atoms with Crippen LogP contribution in [0.1, 0.15) is 19.9 Å². The van der Waals surface area contributed by atoms with Crippen molar-refractivity contribution < 1.29 is 4.79 Å². The third kappa shape index (κ3) is 5.91. The summed E-state index contributed by atoms with van der Waals surface area (Å²) >= 11 is 0. The molecule has 0 aliphatic heterocycles. The van der Waals surface area contributed by atoms with Gasteiger partial charge in [-0.3, -0.25) is 9.48 Å². The SMILES string of the molecule is CNC(C)CNC(=O)C(C)n1cccn1.Cl.Cl. The smallest absolute Gasteiger partial charge is 0.244 e. The molecule has 0 aromatic carbocycles. The highest BCUT2D eigenvalue weighted by molar-refractivity contribution is 5.85. The van der Waals surface area contributed by atoms with Crippen LogP contribution < -0.4 is 10.6 Å². The van der Waals surface area contributed by atoms with Crippen LogP contribution in [0.2, 0.25) is 0 Å². The van der Waals surface area contributed by atoms with Crippen LogP contribution >= 0.6 is 24.8 Å². The van der Waals surface area contributed by atoms with E-state index in [-0.39, 0.29) is 42.8 Å². The Morgan fingerprint density at radius 3 is 2.53 bits per heavy atom. The first-order valence-electron chi connectivity index (χ1n) is 5.09. The highest BCUT2D eigenvalue weighted by Gasteiger charge is 2.14. The fourth-order valence-electron chi connectivity index (χ4n) is 1.13. The number of nitrogens with zero attached hydrogens (tertiary/aromatic N) is 2. The van der Waals surface area contributed by atoms with E-state index >= 15 is 0 Å². The number of carbonyl (C=O) groups is 1. The van der Waals surface area contributed by atoms with Crippen LogP contribution in [-0.2, 0) is 4.79 Å². The molecule has 5 nitrogen and oxygen atoms in total. The molecular formula is C10H20Cl2N4O. The third-order valence-corrected chi connectivity index (χ3v) is 2.38. The molecule has 100 valence electrons. The van der Waals surface area contributed by atoms with E-state index in [1.807, 2.05) is 20.9 Å². The summed E-state index contributed by atoms with van der Waals surface area (Å²) in [5.41, 5.74) is 0. The van der Waals surface area contributed by atoms with Gasteiger partial charge in [0.25, 0.3) is 0 Å². The molecule has 1 aromatic rings. The Labute approximate surface area is 114 Å². The number of amides is 1. The lowest BCUT2D eigenvalue weighted by Gasteiger charge is -2.15. The molecule has 1 heterocycles. The summed E-state index contributed by atoms with van der Waals surface area (Å²) in [5, 5.41) is 9.94. The summed E-state index contributed by atoms with van der Waals surface area (Å²) in [6.07, 6.45) is 3.45. The molecule has 2 N–H and O–H groups in total. The molecule has 1 amide bonds. The zero-order valence-corrected chi connectivity index (χ0v) is 11.8. The van der Waals surface area contributed by atoms with Gasteiger partial charge in [-0.1, -0.05) is 0 Å². The van der Waals surface area contributed by atoms with Crippen molar-refractivity contribution in [2.75, 3.05) is 13.6 Å². The molecule has 0 radical (unpaired) electrons. The van der Waals surface area contributed by atoms with Gasteiger partial charge in [-0.2, -0.15) is 5.10 Å². The molecule has 0 fully saturated rings. The van der Waals surface area contributed by atoms with Crippen LogP contribution in [0.15, 0.2) is 18.5 Å². The van der Waals surface area contributed by atoms with Crippen molar-refractivity contribution in [1.29, 1.82) is 0 Å². The highest BCUT2D eigenvalue weighted by atomic mass is 35.5. The van der Waals surface area contributed by atoms with Crippen molar-refractivity contribution in [2.45, 2.75) is 25.9 Å². The zero-order valence-electron chi connectivity index (χ0n) is 10.2. The number of hydrogen-bond acceptors (Lipinski definition) is 3. The normalized spacial score (nSPS) is 12.9. The fraction of sp³-hybridized carbons (Fsp3) is 0.600. The Hall–Kier alpha value is -0.780. The minimum atomic E-state index is -0.260. The maximum Gasteiger partial charge on any atom is 0.244 e. The van der Waals surface area contributed by atoms with Gasteiger partial charge in [0.15, 0.2) is 0 Å². The molecule has 1 aromatic heterocycles. The number of halogens is 2. The number of rotatable bonds is 5. The van der Waals surface area contributed by atoms with Crippen molar-refractivity contribution in [3.8, 4) is 0 Å². The molecule has 1 rings (SSSR count). The van der Waals surface area contributed by atoms with E-state index in [1.165, 1.54) is 0 Å². The van der Waals surface area contributed by atoms with E-state index in [4.69, 9.17) is 0 Å². The predicted molar refractivity (Wildman–Crippen MR) is 73.0 cm³/mol. The van der Waals surface area contributed by atoms with Gasteiger partial charge < -0.3 is 10.6 Å². The first-order valence-corrected chi connectivity index (χ1v) is 5.09. The van der Waals surface area contributed by atoms with Crippen molar-refractivity contribution in [3.63, 3.8) is 0 Å². The lowest BCUT2D eigenvalue weighted by atomic mass is 10.3. The largest absolute Gasteiger partial charge is 0.353 e. The lowest BCUT2D eigenvalue weighted by molar-refractivity contribution is -0.124. The Bertz CT molecular complexity index is 305. The van der Waals surface area contributed by atoms with Crippen LogP contribution in [0.25, 0.3) is 0 Å². The Kier molecular flexibility index (Phi) is 10.1. The molecule has 0 saturated heterocycles. The van der Waals surface area contributed by atoms with E-state index < -0.39 is 0 Å². The predicted octanol–water partition coefficient (Wildman–Crippen LogP) is 1.01. The number of aromatic nitrogens is 2. The molecule has 0 bridgehead atoms. The topological polar surface area (TPSA) is 58.9 Å². The third-order valence-electron chi connectivity index (χ3n) is 2.38. The number of likely N-dealkylation sites (N-methyl/N-ethyl adjacent to an activating group) is 1. The summed E-state index contributed by atoms with van der Waals surface area (Å²) in [5.74, 6) is -0.0131. The lowest BCUT2D eigenvalue weighted by Crippen LogP contribution is -2.40. The minimum Gasteiger partial charge on any atom is -0.353 e. The quantitative estimate of drug-likeness (QED) is 0.848. The van der Waals surface area contributed by atoms with Crippen molar-refractivity contribution in [1.82, 2.24) is 20.4 Å². The van der Waals surface area contributed by atoms with Crippen LogP contribution in [0.4, 0.5) is 0 Å². The summed E-state index contributed by atoms with van der Waals surface area (Å²) in [4.78, 5) is 11.7. The summed E-state index contributed by atoms with van der Waals surface area (Å²) in [6.45, 7) is 4.46. The maximum absolute atomic E-state index is 11.7. The number of nitrogens with one attached hydrogen (secondary N) is 2. The van der Waals surface area contributed by atoms with E-state index in [0.29, 0.717) is 6.54 Å². The molecule has 7 heteroatoms. The average molecular weight is 283 g/mol. The molecule has 2 atom stereocenters. The van der Waals surface area contributed by atoms with Gasteiger partial charge in [0.1, 0.15) is 6.04 Å². The first kappa shape index (κ1) is 18.6. The molecule has 0 aliphatic rings. The van der Waals surface area contributed by atoms with Gasteiger partial charge in [0.2, 0.25) is 5.91 Å². The van der Waals surface area contributed by atoms with Crippen LogP contribution in [-0.4, -0.2) is 35.3 Å². The molecule has 2 unspecified atom stereocenters. The monoisotopic (exact) mass is 282 g/mol. The van der Waals surface area contributed by atoms with E-state index in [1.54, 1.807) is 23.1 Å². The Morgan fingerprint density at radius 2 is 2.06 bits per heavy atom. The summed E-state index contributed by atoms with van der Waals surface area (Å²) < 4.78 is 1.64. The van der Waals surface area contributed by atoms with Gasteiger partial charge in [0.05, 0.1) is 0 Å². The van der Waals surface area contributed by atoms with Gasteiger partial charge >= 0.3 is 0 Å². The zero-order chi connectivity index (χ0) is 11.3. The van der Waals surface area contributed by atoms with Crippen LogP contribution in [0, 0.1) is 0 Å². The fourth-order valence-corrected chi connectivity index (χ4v) is 1.13. The maximum atomic E-state index is 11.7. The van der Waals surface area contributed by atoms with Gasteiger partial charge in [-0.15, -0.1) is 24.8 Å². The molecular weight excluding hydrogens is 263 g/mol. The van der Waals surface area contributed by atoms with Crippen molar-refractivity contribution in [3.05, 3.63) is 18.5 Å². The van der Waals surface area contributed by atoms with Gasteiger partial charge in [-0.05, 0) is 27.0 Å². The summed E-state index contributed by atoms with van der Waals surface area (Å²) in [6, 6.07) is 1.82. The number of carbonyl (C=O) groups excluding carboxylic acids is 1. The second-order valence-corrected chi connectivity index (χ2v) is 3.60. The standard InChI is InChI=1S/C10H18N4O.2ClH/c1-8(11-3)7-12-10(15)9(2)14-6-4-5-13-14;;/h4-6,8-9,11H,7H2,1-3H3,(H,12,15);2*1H. The van der Waals surface area contributed by atoms with Gasteiger partial charge in [-0.25, -0.2) is 0 Å². The second-order valence-electron chi connectivity index (χ2n) is 3.60. The van der Waals surface area contributed by atoms with E-state index in [2.05, 4.69) is 15.7 Å². The van der Waals surface area contributed by atoms with E-state index in [9.17, 15) is 4.79 Å². The highest BCUT2D eigenvalue weighted by Crippen LogP contribution is 2.02. The van der Waals surface area contributed by atoms with Crippen molar-refractivity contribution >= 4 is 30.7 Å². The Balaban J connectivity index is 0. The minimum absolute atomic E-state index is 0. The number of hydrogen-bond donors (Lipinski definition) is 2. The second kappa shape index (κ2) is 9.27. The summed E-state index contributed by atoms with van der Waals surface area (Å²) in [7, 11) is 1.87. The average Bonchev–Trinajstić information content (AvgIpc) is 2.77. The molecule has 0 spiro atoms. The molecule has 17 heavy (non-hydrogen) atoms. The van der Waals surface area contributed by atoms with Crippen LogP contribution in [0.3, 0.4) is 0 Å². The van der Waals surface area contributed by atoms with E-state index in [0.717, 1.165) is 0 Å².